The third-order valence-corrected chi connectivity index (χ3v) is 3.69. The van der Waals surface area contributed by atoms with Crippen molar-refractivity contribution in [3.05, 3.63) is 0 Å². The van der Waals surface area contributed by atoms with Gasteiger partial charge >= 0.3 is 0 Å². The van der Waals surface area contributed by atoms with Crippen LogP contribution in [0.3, 0.4) is 0 Å². The Balaban J connectivity index is 2.42. The molecule has 72 valence electrons. The zero-order valence-corrected chi connectivity index (χ0v) is 8.31. The molecule has 0 heterocycles. The molecule has 2 N–H and O–H groups in total. The van der Waals surface area contributed by atoms with E-state index in [4.69, 9.17) is 5.14 Å². The van der Waals surface area contributed by atoms with Crippen LogP contribution in [0.2, 0.25) is 0 Å². The maximum absolute atomic E-state index is 10.8. The molecular weight excluding hydrogens is 174 g/mol. The van der Waals surface area contributed by atoms with Crippen molar-refractivity contribution >= 4 is 10.0 Å². The van der Waals surface area contributed by atoms with E-state index in [2.05, 4.69) is 0 Å². The monoisotopic (exact) mass is 191 g/mol. The van der Waals surface area contributed by atoms with Crippen molar-refractivity contribution in [3.63, 3.8) is 0 Å². The third kappa shape index (κ3) is 3.11. The molecule has 3 nitrogen and oxygen atoms in total. The highest BCUT2D eigenvalue weighted by Gasteiger charge is 2.24. The number of sulfonamides is 1. The van der Waals surface area contributed by atoms with E-state index in [1.54, 1.807) is 0 Å². The van der Waals surface area contributed by atoms with Gasteiger partial charge in [0.15, 0.2) is 0 Å². The van der Waals surface area contributed by atoms with Gasteiger partial charge in [0.25, 0.3) is 0 Å². The molecule has 1 atom stereocenters. The van der Waals surface area contributed by atoms with E-state index in [0.29, 0.717) is 5.92 Å². The highest BCUT2D eigenvalue weighted by atomic mass is 32.2. The average molecular weight is 191 g/mol. The first-order valence-corrected chi connectivity index (χ1v) is 6.21. The molecule has 1 unspecified atom stereocenters. The molecule has 1 fully saturated rings. The van der Waals surface area contributed by atoms with E-state index in [0.717, 1.165) is 0 Å². The number of hydrogen-bond donors (Lipinski definition) is 1. The zero-order chi connectivity index (χ0) is 9.19. The summed E-state index contributed by atoms with van der Waals surface area (Å²) >= 11 is 0. The lowest BCUT2D eigenvalue weighted by molar-refractivity contribution is 0.396. The summed E-state index contributed by atoms with van der Waals surface area (Å²) in [5.41, 5.74) is 0. The normalized spacial score (nSPS) is 22.8. The van der Waals surface area contributed by atoms with Crippen LogP contribution in [0.1, 0.15) is 32.6 Å². The van der Waals surface area contributed by atoms with Crippen molar-refractivity contribution in [2.24, 2.45) is 17.0 Å². The molecule has 1 rings (SSSR count). The van der Waals surface area contributed by atoms with Crippen LogP contribution in [0.5, 0.6) is 0 Å². The summed E-state index contributed by atoms with van der Waals surface area (Å²) < 4.78 is 21.6. The van der Waals surface area contributed by atoms with E-state index in [9.17, 15) is 8.42 Å². The van der Waals surface area contributed by atoms with Gasteiger partial charge in [0.1, 0.15) is 0 Å². The van der Waals surface area contributed by atoms with Crippen molar-refractivity contribution in [2.75, 3.05) is 5.75 Å². The average Bonchev–Trinajstić information content (AvgIpc) is 2.32. The van der Waals surface area contributed by atoms with Crippen molar-refractivity contribution in [2.45, 2.75) is 32.6 Å². The lowest BCUT2D eigenvalue weighted by Gasteiger charge is -2.16. The second kappa shape index (κ2) is 3.75. The first-order chi connectivity index (χ1) is 5.49. The highest BCUT2D eigenvalue weighted by Crippen LogP contribution is 2.31. The molecule has 0 saturated heterocycles. The van der Waals surface area contributed by atoms with Crippen LogP contribution in [-0.2, 0) is 10.0 Å². The van der Waals surface area contributed by atoms with Gasteiger partial charge in [-0.25, -0.2) is 13.6 Å². The number of nitrogens with two attached hydrogens (primary N) is 1. The van der Waals surface area contributed by atoms with Gasteiger partial charge in [0.05, 0.1) is 5.75 Å². The molecule has 0 aromatic carbocycles. The van der Waals surface area contributed by atoms with Gasteiger partial charge in [-0.3, -0.25) is 0 Å². The van der Waals surface area contributed by atoms with E-state index < -0.39 is 10.0 Å². The van der Waals surface area contributed by atoms with E-state index >= 15 is 0 Å². The van der Waals surface area contributed by atoms with Crippen LogP contribution < -0.4 is 5.14 Å². The molecule has 0 aliphatic heterocycles. The largest absolute Gasteiger partial charge is 0.229 e. The Kier molecular flexibility index (Phi) is 3.12. The summed E-state index contributed by atoms with van der Waals surface area (Å²) in [6.45, 7) is 1.99. The molecule has 12 heavy (non-hydrogen) atoms. The molecule has 1 saturated carbocycles. The second-order valence-electron chi connectivity index (χ2n) is 3.85. The predicted molar refractivity (Wildman–Crippen MR) is 49.1 cm³/mol. The second-order valence-corrected chi connectivity index (χ2v) is 5.51. The van der Waals surface area contributed by atoms with Crippen molar-refractivity contribution in [1.82, 2.24) is 0 Å². The molecule has 1 aliphatic rings. The maximum atomic E-state index is 10.8. The Bertz CT molecular complexity index is 229. The fraction of sp³-hybridized carbons (Fsp3) is 1.00. The maximum Gasteiger partial charge on any atom is 0.209 e. The Morgan fingerprint density at radius 3 is 2.33 bits per heavy atom. The minimum Gasteiger partial charge on any atom is -0.229 e. The van der Waals surface area contributed by atoms with Crippen LogP contribution >= 0.6 is 0 Å². The summed E-state index contributed by atoms with van der Waals surface area (Å²) in [5, 5.41) is 4.98. The Labute approximate surface area is 74.4 Å². The van der Waals surface area contributed by atoms with Crippen molar-refractivity contribution < 1.29 is 8.42 Å². The smallest absolute Gasteiger partial charge is 0.209 e. The lowest BCUT2D eigenvalue weighted by Crippen LogP contribution is -2.25. The highest BCUT2D eigenvalue weighted by molar-refractivity contribution is 7.89. The van der Waals surface area contributed by atoms with Gasteiger partial charge in [-0.1, -0.05) is 32.6 Å². The summed E-state index contributed by atoms with van der Waals surface area (Å²) in [4.78, 5) is 0. The SMILES string of the molecule is CC(CS(N)(=O)=O)C1CCCC1. The topological polar surface area (TPSA) is 60.2 Å². The molecule has 0 spiro atoms. The fourth-order valence-electron chi connectivity index (χ4n) is 2.03. The summed E-state index contributed by atoms with van der Waals surface area (Å²) in [5.74, 6) is 0.975. The van der Waals surface area contributed by atoms with Crippen molar-refractivity contribution in [3.8, 4) is 0 Å². The lowest BCUT2D eigenvalue weighted by atomic mass is 9.94. The van der Waals surface area contributed by atoms with E-state index in [1.165, 1.54) is 25.7 Å². The first kappa shape index (κ1) is 9.99. The summed E-state index contributed by atoms with van der Waals surface area (Å²) in [6, 6.07) is 0. The van der Waals surface area contributed by atoms with E-state index in [-0.39, 0.29) is 11.7 Å². The van der Waals surface area contributed by atoms with E-state index in [1.807, 2.05) is 6.92 Å². The zero-order valence-electron chi connectivity index (χ0n) is 7.49. The van der Waals surface area contributed by atoms with Crippen LogP contribution in [0.25, 0.3) is 0 Å². The number of hydrogen-bond acceptors (Lipinski definition) is 2. The quantitative estimate of drug-likeness (QED) is 0.726. The van der Waals surface area contributed by atoms with Crippen molar-refractivity contribution in [1.29, 1.82) is 0 Å². The van der Waals surface area contributed by atoms with Gasteiger partial charge in [-0.15, -0.1) is 0 Å². The molecule has 0 aromatic heterocycles. The fourth-order valence-corrected chi connectivity index (χ4v) is 3.03. The molecule has 0 aromatic rings. The first-order valence-electron chi connectivity index (χ1n) is 4.49. The minimum atomic E-state index is -3.26. The standard InChI is InChI=1S/C8H17NO2S/c1-7(6-12(9,10)11)8-4-2-3-5-8/h7-8H,2-6H2,1H3,(H2,9,10,11). The molecule has 1 aliphatic carbocycles. The summed E-state index contributed by atoms with van der Waals surface area (Å²) in [7, 11) is -3.26. The third-order valence-electron chi connectivity index (χ3n) is 2.70. The van der Waals surface area contributed by atoms with Gasteiger partial charge in [0, 0.05) is 0 Å². The Morgan fingerprint density at radius 2 is 1.92 bits per heavy atom. The number of rotatable bonds is 3. The van der Waals surface area contributed by atoms with Crippen LogP contribution in [-0.4, -0.2) is 14.2 Å². The van der Waals surface area contributed by atoms with Crippen LogP contribution in [0.15, 0.2) is 0 Å². The number of primary sulfonamides is 1. The molecule has 0 amide bonds. The van der Waals surface area contributed by atoms with Crippen LogP contribution in [0, 0.1) is 11.8 Å². The van der Waals surface area contributed by atoms with Gasteiger partial charge < -0.3 is 0 Å². The Hall–Kier alpha value is -0.0900. The molecule has 4 heteroatoms. The molecule has 0 radical (unpaired) electrons. The minimum absolute atomic E-state index is 0.150. The van der Waals surface area contributed by atoms with Crippen LogP contribution in [0.4, 0.5) is 0 Å². The molecular formula is C8H17NO2S. The molecule has 0 bridgehead atoms. The Morgan fingerprint density at radius 1 is 1.42 bits per heavy atom. The predicted octanol–water partition coefficient (Wildman–Crippen LogP) is 1.10. The van der Waals surface area contributed by atoms with Gasteiger partial charge in [-0.2, -0.15) is 0 Å². The van der Waals surface area contributed by atoms with Gasteiger partial charge in [0.2, 0.25) is 10.0 Å². The van der Waals surface area contributed by atoms with Gasteiger partial charge in [-0.05, 0) is 11.8 Å². The summed E-state index contributed by atoms with van der Waals surface area (Å²) in [6.07, 6.45) is 4.85.